The molecule has 0 radical (unpaired) electrons. The zero-order chi connectivity index (χ0) is 19.2. The van der Waals surface area contributed by atoms with Crippen molar-refractivity contribution in [1.29, 1.82) is 0 Å². The first-order valence-corrected chi connectivity index (χ1v) is 8.17. The SMILES string of the molecule is NC(=O)C(=O)C(Cc1ccncc1)NC(=O)c1cncn1-c1ccccc1. The third-order valence-corrected chi connectivity index (χ3v) is 3.96. The van der Waals surface area contributed by atoms with Gasteiger partial charge in [-0.1, -0.05) is 18.2 Å². The minimum atomic E-state index is -1.11. The summed E-state index contributed by atoms with van der Waals surface area (Å²) in [6.45, 7) is 0. The van der Waals surface area contributed by atoms with Crippen LogP contribution < -0.4 is 11.1 Å². The monoisotopic (exact) mass is 363 g/mol. The van der Waals surface area contributed by atoms with Gasteiger partial charge in [-0.25, -0.2) is 4.98 Å². The van der Waals surface area contributed by atoms with Gasteiger partial charge in [0, 0.05) is 24.5 Å². The minimum Gasteiger partial charge on any atom is -0.363 e. The van der Waals surface area contributed by atoms with Gasteiger partial charge in [0.15, 0.2) is 0 Å². The van der Waals surface area contributed by atoms with Crippen LogP contribution in [0.15, 0.2) is 67.4 Å². The number of primary amides is 1. The third kappa shape index (κ3) is 4.24. The highest BCUT2D eigenvalue weighted by Gasteiger charge is 2.27. The number of carbonyl (C=O) groups excluding carboxylic acids is 3. The molecule has 0 saturated carbocycles. The molecule has 0 aliphatic carbocycles. The normalized spacial score (nSPS) is 11.6. The Labute approximate surface area is 155 Å². The Balaban J connectivity index is 1.84. The van der Waals surface area contributed by atoms with Crippen molar-refractivity contribution in [1.82, 2.24) is 19.9 Å². The molecule has 2 aromatic heterocycles. The summed E-state index contributed by atoms with van der Waals surface area (Å²) in [7, 11) is 0. The van der Waals surface area contributed by atoms with E-state index >= 15 is 0 Å². The van der Waals surface area contributed by atoms with E-state index < -0.39 is 23.6 Å². The van der Waals surface area contributed by atoms with Crippen LogP contribution in [0.25, 0.3) is 5.69 Å². The Bertz CT molecular complexity index is 954. The van der Waals surface area contributed by atoms with Gasteiger partial charge in [-0.2, -0.15) is 0 Å². The topological polar surface area (TPSA) is 120 Å². The molecule has 0 aliphatic heterocycles. The molecule has 0 aliphatic rings. The van der Waals surface area contributed by atoms with Crippen LogP contribution in [0, 0.1) is 0 Å². The summed E-state index contributed by atoms with van der Waals surface area (Å²) >= 11 is 0. The number of carbonyl (C=O) groups is 3. The highest BCUT2D eigenvalue weighted by Crippen LogP contribution is 2.11. The van der Waals surface area contributed by atoms with Crippen LogP contribution in [-0.4, -0.2) is 38.2 Å². The summed E-state index contributed by atoms with van der Waals surface area (Å²) in [5, 5.41) is 2.59. The number of nitrogens with zero attached hydrogens (tertiary/aromatic N) is 3. The van der Waals surface area contributed by atoms with E-state index in [-0.39, 0.29) is 12.1 Å². The van der Waals surface area contributed by atoms with Crippen LogP contribution in [0.2, 0.25) is 0 Å². The summed E-state index contributed by atoms with van der Waals surface area (Å²) in [5.74, 6) is -2.51. The van der Waals surface area contributed by atoms with Crippen LogP contribution >= 0.6 is 0 Å². The smallest absolute Gasteiger partial charge is 0.287 e. The second kappa shape index (κ2) is 8.05. The first kappa shape index (κ1) is 18.0. The summed E-state index contributed by atoms with van der Waals surface area (Å²) in [6, 6.07) is 11.5. The summed E-state index contributed by atoms with van der Waals surface area (Å²) in [6.07, 6.45) is 6.13. The van der Waals surface area contributed by atoms with Gasteiger partial charge in [-0.3, -0.25) is 23.9 Å². The van der Waals surface area contributed by atoms with E-state index in [1.807, 2.05) is 30.3 Å². The van der Waals surface area contributed by atoms with E-state index in [1.54, 1.807) is 29.1 Å². The average molecular weight is 363 g/mol. The summed E-state index contributed by atoms with van der Waals surface area (Å²) in [4.78, 5) is 44.2. The Kier molecular flexibility index (Phi) is 5.36. The third-order valence-electron chi connectivity index (χ3n) is 3.96. The van der Waals surface area contributed by atoms with Gasteiger partial charge in [0.2, 0.25) is 5.78 Å². The van der Waals surface area contributed by atoms with Crippen molar-refractivity contribution in [2.45, 2.75) is 12.5 Å². The Hall–Kier alpha value is -3.81. The number of nitrogens with two attached hydrogens (primary N) is 1. The Morgan fingerprint density at radius 1 is 1.04 bits per heavy atom. The van der Waals surface area contributed by atoms with E-state index in [1.165, 1.54) is 12.5 Å². The van der Waals surface area contributed by atoms with E-state index in [0.717, 1.165) is 11.3 Å². The van der Waals surface area contributed by atoms with E-state index in [0.29, 0.717) is 0 Å². The predicted octanol–water partition coefficient (Wildman–Crippen LogP) is 0.663. The second-order valence-corrected chi connectivity index (χ2v) is 5.80. The Morgan fingerprint density at radius 2 is 1.74 bits per heavy atom. The lowest BCUT2D eigenvalue weighted by Gasteiger charge is -2.17. The van der Waals surface area contributed by atoms with Gasteiger partial charge in [-0.15, -0.1) is 0 Å². The maximum absolute atomic E-state index is 12.7. The minimum absolute atomic E-state index is 0.121. The average Bonchev–Trinajstić information content (AvgIpc) is 3.18. The molecule has 1 unspecified atom stereocenters. The molecule has 8 nitrogen and oxygen atoms in total. The second-order valence-electron chi connectivity index (χ2n) is 5.80. The molecule has 3 N–H and O–H groups in total. The van der Waals surface area contributed by atoms with Crippen molar-refractivity contribution < 1.29 is 14.4 Å². The lowest BCUT2D eigenvalue weighted by Crippen LogP contribution is -2.47. The standard InChI is InChI=1S/C19H17N5O3/c20-18(26)17(25)15(10-13-6-8-21-9-7-13)23-19(27)16-11-22-12-24(16)14-4-2-1-3-5-14/h1-9,11-12,15H,10H2,(H2,20,26)(H,23,27). The van der Waals surface area contributed by atoms with E-state index in [4.69, 9.17) is 5.73 Å². The number of aromatic nitrogens is 3. The van der Waals surface area contributed by atoms with Crippen LogP contribution in [0.1, 0.15) is 16.1 Å². The molecular weight excluding hydrogens is 346 g/mol. The van der Waals surface area contributed by atoms with Crippen molar-refractivity contribution in [3.8, 4) is 5.69 Å². The largest absolute Gasteiger partial charge is 0.363 e. The molecule has 0 fully saturated rings. The van der Waals surface area contributed by atoms with Crippen molar-refractivity contribution in [3.63, 3.8) is 0 Å². The summed E-state index contributed by atoms with van der Waals surface area (Å²) in [5.41, 5.74) is 6.85. The highest BCUT2D eigenvalue weighted by molar-refractivity contribution is 6.38. The van der Waals surface area contributed by atoms with E-state index in [2.05, 4.69) is 15.3 Å². The number of amides is 2. The number of pyridine rings is 1. The van der Waals surface area contributed by atoms with Gasteiger partial charge in [-0.05, 0) is 29.8 Å². The number of ketones is 1. The van der Waals surface area contributed by atoms with Gasteiger partial charge < -0.3 is 11.1 Å². The molecule has 0 bridgehead atoms. The van der Waals surface area contributed by atoms with Crippen LogP contribution in [0.3, 0.4) is 0 Å². The van der Waals surface area contributed by atoms with Gasteiger partial charge in [0.1, 0.15) is 11.7 Å². The lowest BCUT2D eigenvalue weighted by molar-refractivity contribution is -0.137. The van der Waals surface area contributed by atoms with Crippen molar-refractivity contribution in [2.24, 2.45) is 5.73 Å². The fraction of sp³-hybridized carbons (Fsp3) is 0.105. The zero-order valence-electron chi connectivity index (χ0n) is 14.3. The van der Waals surface area contributed by atoms with Gasteiger partial charge in [0.05, 0.1) is 12.5 Å². The number of nitrogens with one attached hydrogen (secondary N) is 1. The quantitative estimate of drug-likeness (QED) is 0.598. The van der Waals surface area contributed by atoms with Gasteiger partial charge >= 0.3 is 0 Å². The number of hydrogen-bond acceptors (Lipinski definition) is 5. The first-order valence-electron chi connectivity index (χ1n) is 8.17. The number of rotatable bonds is 7. The number of para-hydroxylation sites is 1. The molecule has 27 heavy (non-hydrogen) atoms. The molecule has 0 saturated heterocycles. The van der Waals surface area contributed by atoms with Crippen molar-refractivity contribution in [3.05, 3.63) is 78.6 Å². The number of Topliss-reactive ketones (excluding diaryl/α,β-unsaturated/α-hetero) is 1. The molecule has 1 aromatic carbocycles. The number of imidazole rings is 1. The maximum Gasteiger partial charge on any atom is 0.287 e. The van der Waals surface area contributed by atoms with Crippen molar-refractivity contribution in [2.75, 3.05) is 0 Å². The summed E-state index contributed by atoms with van der Waals surface area (Å²) < 4.78 is 1.59. The Morgan fingerprint density at radius 3 is 2.41 bits per heavy atom. The van der Waals surface area contributed by atoms with Crippen molar-refractivity contribution >= 4 is 17.6 Å². The van der Waals surface area contributed by atoms with Gasteiger partial charge in [0.25, 0.3) is 11.8 Å². The molecule has 136 valence electrons. The molecule has 0 spiro atoms. The molecule has 1 atom stereocenters. The fourth-order valence-corrected chi connectivity index (χ4v) is 2.63. The highest BCUT2D eigenvalue weighted by atomic mass is 16.2. The number of hydrogen-bond donors (Lipinski definition) is 2. The number of benzene rings is 1. The molecule has 2 amide bonds. The zero-order valence-corrected chi connectivity index (χ0v) is 14.3. The predicted molar refractivity (Wildman–Crippen MR) is 97.0 cm³/mol. The molecule has 8 heteroatoms. The van der Waals surface area contributed by atoms with Crippen LogP contribution in [0.5, 0.6) is 0 Å². The molecule has 2 heterocycles. The van der Waals surface area contributed by atoms with E-state index in [9.17, 15) is 14.4 Å². The fourth-order valence-electron chi connectivity index (χ4n) is 2.63. The maximum atomic E-state index is 12.7. The molecule has 3 aromatic rings. The van der Waals surface area contributed by atoms with Crippen LogP contribution in [-0.2, 0) is 16.0 Å². The lowest BCUT2D eigenvalue weighted by atomic mass is 10.0. The molecular formula is C19H17N5O3. The molecule has 3 rings (SSSR count). The van der Waals surface area contributed by atoms with Crippen LogP contribution in [0.4, 0.5) is 0 Å². The first-order chi connectivity index (χ1) is 13.1.